The summed E-state index contributed by atoms with van der Waals surface area (Å²) in [6.45, 7) is 4.30. The minimum Gasteiger partial charge on any atom is -0.392 e. The van der Waals surface area contributed by atoms with Crippen LogP contribution in [0.5, 0.6) is 0 Å². The van der Waals surface area contributed by atoms with Crippen molar-refractivity contribution in [3.05, 3.63) is 34.9 Å². The zero-order chi connectivity index (χ0) is 8.27. The Balaban J connectivity index is 3.06. The molecule has 0 saturated carbocycles. The number of aryl methyl sites for hydroxylation is 2. The van der Waals surface area contributed by atoms with Crippen LogP contribution in [-0.2, 0) is 13.0 Å². The second kappa shape index (κ2) is 3.54. The van der Waals surface area contributed by atoms with Gasteiger partial charge >= 0.3 is 0 Å². The van der Waals surface area contributed by atoms with E-state index in [1.54, 1.807) is 0 Å². The summed E-state index contributed by atoms with van der Waals surface area (Å²) in [7, 11) is 0. The summed E-state index contributed by atoms with van der Waals surface area (Å²) in [4.78, 5) is 0. The Morgan fingerprint density at radius 2 is 2.00 bits per heavy atom. The van der Waals surface area contributed by atoms with Crippen LogP contribution in [0.3, 0.4) is 0 Å². The molecule has 0 aromatic heterocycles. The van der Waals surface area contributed by atoms with Gasteiger partial charge in [-0.1, -0.05) is 30.7 Å². The van der Waals surface area contributed by atoms with E-state index in [9.17, 15) is 0 Å². The molecule has 0 heterocycles. The van der Waals surface area contributed by atoms with Crippen LogP contribution in [-0.4, -0.2) is 5.11 Å². The van der Waals surface area contributed by atoms with E-state index in [-0.39, 0.29) is 6.61 Å². The first kappa shape index (κ1) is 8.28. The SMILES string of the molecule is CCc1ccc(C)cc1CO. The van der Waals surface area contributed by atoms with E-state index < -0.39 is 0 Å². The first-order valence-electron chi connectivity index (χ1n) is 3.97. The number of aliphatic hydroxyl groups excluding tert-OH is 1. The molecule has 0 aliphatic carbocycles. The van der Waals surface area contributed by atoms with Gasteiger partial charge in [0, 0.05) is 0 Å². The number of rotatable bonds is 2. The standard InChI is InChI=1S/C10H14O/c1-3-9-5-4-8(2)6-10(9)7-11/h4-6,11H,3,7H2,1-2H3. The summed E-state index contributed by atoms with van der Waals surface area (Å²) in [5.74, 6) is 0. The Morgan fingerprint density at radius 3 is 2.55 bits per heavy atom. The van der Waals surface area contributed by atoms with E-state index >= 15 is 0 Å². The lowest BCUT2D eigenvalue weighted by atomic mass is 10.0. The minimum absolute atomic E-state index is 0.158. The van der Waals surface area contributed by atoms with Gasteiger partial charge in [0.1, 0.15) is 0 Å². The minimum atomic E-state index is 0.158. The van der Waals surface area contributed by atoms with Crippen molar-refractivity contribution in [2.24, 2.45) is 0 Å². The molecule has 1 nitrogen and oxygen atoms in total. The van der Waals surface area contributed by atoms with Crippen LogP contribution in [0, 0.1) is 6.92 Å². The Bertz CT molecular complexity index is 241. The summed E-state index contributed by atoms with van der Waals surface area (Å²) in [5.41, 5.74) is 3.52. The van der Waals surface area contributed by atoms with E-state index in [1.807, 2.05) is 13.0 Å². The fraction of sp³-hybridized carbons (Fsp3) is 0.400. The van der Waals surface area contributed by atoms with Crippen LogP contribution >= 0.6 is 0 Å². The van der Waals surface area contributed by atoms with Gasteiger partial charge in [0.2, 0.25) is 0 Å². The zero-order valence-corrected chi connectivity index (χ0v) is 7.09. The van der Waals surface area contributed by atoms with Crippen molar-refractivity contribution in [1.29, 1.82) is 0 Å². The lowest BCUT2D eigenvalue weighted by Crippen LogP contribution is -1.92. The molecule has 1 aromatic rings. The van der Waals surface area contributed by atoms with Crippen LogP contribution in [0.1, 0.15) is 23.6 Å². The maximum absolute atomic E-state index is 8.97. The second-order valence-corrected chi connectivity index (χ2v) is 2.78. The van der Waals surface area contributed by atoms with Crippen LogP contribution in [0.2, 0.25) is 0 Å². The molecule has 0 aliphatic rings. The fourth-order valence-electron chi connectivity index (χ4n) is 1.25. The molecule has 0 saturated heterocycles. The van der Waals surface area contributed by atoms with E-state index in [0.29, 0.717) is 0 Å². The third kappa shape index (κ3) is 1.81. The van der Waals surface area contributed by atoms with Crippen molar-refractivity contribution in [2.45, 2.75) is 26.9 Å². The van der Waals surface area contributed by atoms with E-state index in [2.05, 4.69) is 19.1 Å². The molecule has 60 valence electrons. The highest BCUT2D eigenvalue weighted by molar-refractivity contribution is 5.30. The third-order valence-corrected chi connectivity index (χ3v) is 1.91. The molecule has 1 aromatic carbocycles. The number of aliphatic hydroxyl groups is 1. The fourth-order valence-corrected chi connectivity index (χ4v) is 1.25. The summed E-state index contributed by atoms with van der Waals surface area (Å²) >= 11 is 0. The Kier molecular flexibility index (Phi) is 2.66. The van der Waals surface area contributed by atoms with E-state index in [0.717, 1.165) is 12.0 Å². The van der Waals surface area contributed by atoms with Crippen LogP contribution in [0.25, 0.3) is 0 Å². The van der Waals surface area contributed by atoms with Crippen molar-refractivity contribution in [1.82, 2.24) is 0 Å². The lowest BCUT2D eigenvalue weighted by Gasteiger charge is -2.04. The molecule has 0 fully saturated rings. The van der Waals surface area contributed by atoms with Gasteiger partial charge in [0.05, 0.1) is 6.61 Å². The molecule has 0 spiro atoms. The maximum Gasteiger partial charge on any atom is 0.0684 e. The summed E-state index contributed by atoms with van der Waals surface area (Å²) in [5, 5.41) is 8.97. The zero-order valence-electron chi connectivity index (χ0n) is 7.09. The molecular formula is C10H14O. The predicted molar refractivity (Wildman–Crippen MR) is 46.5 cm³/mol. The topological polar surface area (TPSA) is 20.2 Å². The molecule has 0 bridgehead atoms. The van der Waals surface area contributed by atoms with Gasteiger partial charge in [0.15, 0.2) is 0 Å². The Morgan fingerprint density at radius 1 is 1.27 bits per heavy atom. The lowest BCUT2D eigenvalue weighted by molar-refractivity contribution is 0.280. The molecular weight excluding hydrogens is 136 g/mol. The van der Waals surface area contributed by atoms with Gasteiger partial charge in [-0.25, -0.2) is 0 Å². The van der Waals surface area contributed by atoms with Crippen LogP contribution < -0.4 is 0 Å². The first-order chi connectivity index (χ1) is 5.27. The van der Waals surface area contributed by atoms with Gasteiger partial charge in [-0.3, -0.25) is 0 Å². The molecule has 0 unspecified atom stereocenters. The smallest absolute Gasteiger partial charge is 0.0684 e. The molecule has 0 atom stereocenters. The second-order valence-electron chi connectivity index (χ2n) is 2.78. The Labute approximate surface area is 67.7 Å². The molecule has 0 amide bonds. The molecule has 1 N–H and O–H groups in total. The average Bonchev–Trinajstić information content (AvgIpc) is 2.04. The van der Waals surface area contributed by atoms with Crippen molar-refractivity contribution < 1.29 is 5.11 Å². The highest BCUT2D eigenvalue weighted by atomic mass is 16.3. The number of hydrogen-bond acceptors (Lipinski definition) is 1. The number of benzene rings is 1. The molecule has 0 radical (unpaired) electrons. The van der Waals surface area contributed by atoms with Gasteiger partial charge in [-0.05, 0) is 24.5 Å². The summed E-state index contributed by atoms with van der Waals surface area (Å²) in [6.07, 6.45) is 0.996. The van der Waals surface area contributed by atoms with Crippen molar-refractivity contribution in [3.63, 3.8) is 0 Å². The average molecular weight is 150 g/mol. The maximum atomic E-state index is 8.97. The molecule has 11 heavy (non-hydrogen) atoms. The third-order valence-electron chi connectivity index (χ3n) is 1.91. The van der Waals surface area contributed by atoms with Gasteiger partial charge in [0.25, 0.3) is 0 Å². The van der Waals surface area contributed by atoms with Gasteiger partial charge < -0.3 is 5.11 Å². The number of hydrogen-bond donors (Lipinski definition) is 1. The predicted octanol–water partition coefficient (Wildman–Crippen LogP) is 2.05. The normalized spacial score (nSPS) is 10.1. The molecule has 1 rings (SSSR count). The van der Waals surface area contributed by atoms with E-state index in [1.165, 1.54) is 11.1 Å². The largest absolute Gasteiger partial charge is 0.392 e. The molecule has 0 aliphatic heterocycles. The first-order valence-corrected chi connectivity index (χ1v) is 3.97. The van der Waals surface area contributed by atoms with Crippen molar-refractivity contribution in [2.75, 3.05) is 0 Å². The highest BCUT2D eigenvalue weighted by Crippen LogP contribution is 2.11. The van der Waals surface area contributed by atoms with Gasteiger partial charge in [-0.15, -0.1) is 0 Å². The molecule has 1 heteroatoms. The monoisotopic (exact) mass is 150 g/mol. The summed E-state index contributed by atoms with van der Waals surface area (Å²) < 4.78 is 0. The van der Waals surface area contributed by atoms with Crippen LogP contribution in [0.4, 0.5) is 0 Å². The Hall–Kier alpha value is -0.820. The highest BCUT2D eigenvalue weighted by Gasteiger charge is 1.97. The van der Waals surface area contributed by atoms with E-state index in [4.69, 9.17) is 5.11 Å². The van der Waals surface area contributed by atoms with Gasteiger partial charge in [-0.2, -0.15) is 0 Å². The summed E-state index contributed by atoms with van der Waals surface area (Å²) in [6, 6.07) is 6.21. The van der Waals surface area contributed by atoms with Crippen LogP contribution in [0.15, 0.2) is 18.2 Å². The quantitative estimate of drug-likeness (QED) is 0.684. The van der Waals surface area contributed by atoms with Crippen molar-refractivity contribution >= 4 is 0 Å². The van der Waals surface area contributed by atoms with Crippen molar-refractivity contribution in [3.8, 4) is 0 Å².